The molecule has 49 heavy (non-hydrogen) atoms. The van der Waals surface area contributed by atoms with Crippen LogP contribution in [0.4, 0.5) is 0 Å². The number of ketones is 1. The highest BCUT2D eigenvalue weighted by atomic mass is 28.4. The maximum Gasteiger partial charge on any atom is 0.305 e. The van der Waals surface area contributed by atoms with Gasteiger partial charge in [0.25, 0.3) is 0 Å². The van der Waals surface area contributed by atoms with Crippen LogP contribution in [0, 0.1) is 17.3 Å². The number of aliphatic hydroxyl groups excluding tert-OH is 1. The number of Topliss-reactive ketones (excluding diaryl/α,β-unsaturated/α-hetero) is 1. The van der Waals surface area contributed by atoms with Crippen LogP contribution >= 0.6 is 0 Å². The summed E-state index contributed by atoms with van der Waals surface area (Å²) in [6.07, 6.45) is 9.04. The zero-order valence-corrected chi connectivity index (χ0v) is 35.9. The van der Waals surface area contributed by atoms with Gasteiger partial charge in [-0.3, -0.25) is 14.6 Å². The predicted octanol–water partition coefficient (Wildman–Crippen LogP) is 10.5. The van der Waals surface area contributed by atoms with Crippen molar-refractivity contribution in [3.8, 4) is 0 Å². The quantitative estimate of drug-likeness (QED) is 0.108. The molecule has 0 fully saturated rings. The first kappa shape index (κ1) is 45.1. The number of carboxylic acid groups (broad SMARTS) is 1. The predicted molar refractivity (Wildman–Crippen MR) is 210 cm³/mol. The van der Waals surface area contributed by atoms with Gasteiger partial charge in [-0.1, -0.05) is 93.0 Å². The molecule has 280 valence electrons. The summed E-state index contributed by atoms with van der Waals surface area (Å²) >= 11 is 0. The van der Waals surface area contributed by atoms with E-state index in [0.29, 0.717) is 6.42 Å². The molecule has 0 aromatic carbocycles. The number of carboxylic acids is 1. The van der Waals surface area contributed by atoms with Crippen molar-refractivity contribution in [2.75, 3.05) is 0 Å². The normalized spacial score (nSPS) is 17.3. The first-order valence-electron chi connectivity index (χ1n) is 18.2. The maximum absolute atomic E-state index is 14.5. The molecule has 0 aliphatic rings. The molecule has 0 spiro atoms. The number of hydrogen-bond donors (Lipinski definition) is 2. The molecule has 0 saturated heterocycles. The second-order valence-corrected chi connectivity index (χ2v) is 27.5. The number of carbonyl (C=O) groups is 2. The Kier molecular flexibility index (Phi) is 16.6. The number of rotatable bonds is 19. The van der Waals surface area contributed by atoms with E-state index in [1.54, 1.807) is 12.4 Å². The van der Waals surface area contributed by atoms with E-state index < -0.39 is 46.1 Å². The van der Waals surface area contributed by atoms with Crippen LogP contribution < -0.4 is 0 Å². The molecule has 2 N–H and O–H groups in total. The van der Waals surface area contributed by atoms with E-state index in [9.17, 15) is 19.8 Å². The summed E-state index contributed by atoms with van der Waals surface area (Å²) in [5.74, 6) is -1.31. The van der Waals surface area contributed by atoms with Gasteiger partial charge < -0.3 is 19.1 Å². The summed E-state index contributed by atoms with van der Waals surface area (Å²) in [7, 11) is -4.63. The van der Waals surface area contributed by atoms with E-state index in [1.807, 2.05) is 45.9 Å². The summed E-state index contributed by atoms with van der Waals surface area (Å²) in [6, 6.07) is 3.86. The van der Waals surface area contributed by atoms with Crippen LogP contribution in [0.1, 0.15) is 121 Å². The Bertz CT molecular complexity index is 1270. The molecule has 7 nitrogen and oxygen atoms in total. The zero-order valence-electron chi connectivity index (χ0n) is 33.9. The van der Waals surface area contributed by atoms with Crippen LogP contribution in [0.3, 0.4) is 0 Å². The van der Waals surface area contributed by atoms with E-state index in [2.05, 4.69) is 92.6 Å². The lowest BCUT2D eigenvalue weighted by molar-refractivity contribution is -0.146. The smallest absolute Gasteiger partial charge is 0.305 e. The fraction of sp³-hybridized carbons (Fsp3) is 0.725. The van der Waals surface area contributed by atoms with E-state index >= 15 is 0 Å². The maximum atomic E-state index is 14.5. The largest absolute Gasteiger partial charge is 0.481 e. The Morgan fingerprint density at radius 3 is 1.98 bits per heavy atom. The van der Waals surface area contributed by atoms with Crippen LogP contribution in [0.25, 0.3) is 6.08 Å². The third kappa shape index (κ3) is 13.6. The van der Waals surface area contributed by atoms with E-state index in [4.69, 9.17) is 8.85 Å². The Balaban J connectivity index is 3.20. The van der Waals surface area contributed by atoms with Gasteiger partial charge in [0.2, 0.25) is 0 Å². The molecule has 0 bridgehead atoms. The number of carbonyl (C=O) groups excluding carboxylic acids is 1. The molecule has 0 aliphatic carbocycles. The number of allylic oxidation sites excluding steroid dienone is 1. The van der Waals surface area contributed by atoms with Gasteiger partial charge in [-0.15, -0.1) is 0 Å². The first-order valence-corrected chi connectivity index (χ1v) is 24.0. The summed E-state index contributed by atoms with van der Waals surface area (Å²) in [6.45, 7) is 33.6. The van der Waals surface area contributed by atoms with Gasteiger partial charge in [0.1, 0.15) is 5.78 Å². The van der Waals surface area contributed by atoms with Gasteiger partial charge in [0.05, 0.1) is 24.7 Å². The molecular formula is C40H71NO6Si2. The Morgan fingerprint density at radius 2 is 1.49 bits per heavy atom. The van der Waals surface area contributed by atoms with Crippen molar-refractivity contribution in [3.63, 3.8) is 0 Å². The topological polar surface area (TPSA) is 106 Å². The molecule has 5 atom stereocenters. The van der Waals surface area contributed by atoms with Crippen LogP contribution in [-0.2, 0) is 18.4 Å². The summed E-state index contributed by atoms with van der Waals surface area (Å²) in [4.78, 5) is 30.8. The minimum atomic E-state index is -2.37. The van der Waals surface area contributed by atoms with Gasteiger partial charge in [0.15, 0.2) is 16.6 Å². The molecule has 0 radical (unpaired) electrons. The lowest BCUT2D eigenvalue weighted by Gasteiger charge is -2.46. The van der Waals surface area contributed by atoms with Gasteiger partial charge >= 0.3 is 5.97 Å². The Labute approximate surface area is 301 Å². The molecule has 1 aromatic rings. The highest BCUT2D eigenvalue weighted by molar-refractivity contribution is 6.74. The minimum Gasteiger partial charge on any atom is -0.481 e. The molecule has 1 unspecified atom stereocenters. The fourth-order valence-electron chi connectivity index (χ4n) is 5.55. The minimum absolute atomic E-state index is 0.00668. The van der Waals surface area contributed by atoms with Crippen molar-refractivity contribution in [2.24, 2.45) is 17.3 Å². The fourth-order valence-corrected chi connectivity index (χ4v) is 8.46. The standard InChI is InChI=1S/C40H71NO6Si2/c1-28(22-23-33(42)30(3)25-32-21-18-24-41-27-32)19-17-20-29(2)36(47-49(15,16)39(8,9)10)31(4)37(45)40(11,12)34(26-35(43)44)46-48(13,14)38(5,6)7/h18,21-22,24-25,27,29,31,33-34,36,42H,17,19-20,23,26H2,1-16H3,(H,43,44)/t29-,31+,33-,34-,36?/m0/s1. The van der Waals surface area contributed by atoms with Gasteiger partial charge in [-0.05, 0) is 98.9 Å². The lowest BCUT2D eigenvalue weighted by Crippen LogP contribution is -2.54. The van der Waals surface area contributed by atoms with Crippen molar-refractivity contribution in [2.45, 2.75) is 170 Å². The van der Waals surface area contributed by atoms with Gasteiger partial charge in [-0.2, -0.15) is 0 Å². The number of hydrogen-bond acceptors (Lipinski definition) is 6. The van der Waals surface area contributed by atoms with E-state index in [0.717, 1.165) is 30.4 Å². The van der Waals surface area contributed by atoms with Crippen LogP contribution in [0.15, 0.2) is 41.7 Å². The Hall–Kier alpha value is -1.92. The van der Waals surface area contributed by atoms with Crippen molar-refractivity contribution in [1.82, 2.24) is 4.98 Å². The molecule has 1 rings (SSSR count). The number of aliphatic carboxylic acids is 1. The average Bonchev–Trinajstić information content (AvgIpc) is 2.96. The second-order valence-electron chi connectivity index (χ2n) is 18.0. The highest BCUT2D eigenvalue weighted by Gasteiger charge is 2.49. The van der Waals surface area contributed by atoms with Crippen LogP contribution in [0.5, 0.6) is 0 Å². The molecule has 1 heterocycles. The van der Waals surface area contributed by atoms with Crippen molar-refractivity contribution >= 4 is 34.5 Å². The Morgan fingerprint density at radius 1 is 0.939 bits per heavy atom. The number of aliphatic hydroxyl groups is 1. The van der Waals surface area contributed by atoms with E-state index in [-0.39, 0.29) is 34.3 Å². The molecule has 0 saturated carbocycles. The van der Waals surface area contributed by atoms with Gasteiger partial charge in [0, 0.05) is 23.7 Å². The SMILES string of the molecule is CC(=CC[C@H](O)C(C)=Cc1cccnc1)CCC[C@H](C)C(O[Si](C)(C)C(C)(C)C)[C@@H](C)C(=O)C(C)(C)[C@H](CC(=O)O)O[Si](C)(C)C(C)(C)C. The number of aromatic nitrogens is 1. The molecular weight excluding hydrogens is 647 g/mol. The molecule has 0 amide bonds. The van der Waals surface area contributed by atoms with Gasteiger partial charge in [-0.25, -0.2) is 0 Å². The third-order valence-electron chi connectivity index (χ3n) is 11.3. The monoisotopic (exact) mass is 717 g/mol. The molecule has 1 aromatic heterocycles. The lowest BCUT2D eigenvalue weighted by atomic mass is 9.73. The number of pyridine rings is 1. The molecule has 9 heteroatoms. The van der Waals surface area contributed by atoms with E-state index in [1.165, 1.54) is 5.57 Å². The zero-order chi connectivity index (χ0) is 38.2. The number of nitrogens with zero attached hydrogens (tertiary/aromatic N) is 1. The van der Waals surface area contributed by atoms with Crippen LogP contribution in [0.2, 0.25) is 36.3 Å². The second kappa shape index (κ2) is 18.0. The average molecular weight is 718 g/mol. The summed E-state index contributed by atoms with van der Waals surface area (Å²) in [5.41, 5.74) is 2.08. The van der Waals surface area contributed by atoms with Crippen LogP contribution in [-0.4, -0.2) is 61.9 Å². The summed E-state index contributed by atoms with van der Waals surface area (Å²) in [5, 5.41) is 20.5. The third-order valence-corrected chi connectivity index (χ3v) is 20.2. The first-order chi connectivity index (χ1) is 22.1. The molecule has 0 aliphatic heterocycles. The van der Waals surface area contributed by atoms with Crippen molar-refractivity contribution in [1.29, 1.82) is 0 Å². The highest BCUT2D eigenvalue weighted by Crippen LogP contribution is 2.44. The van der Waals surface area contributed by atoms with Crippen molar-refractivity contribution < 1.29 is 28.7 Å². The van der Waals surface area contributed by atoms with Crippen molar-refractivity contribution in [3.05, 3.63) is 47.3 Å². The summed E-state index contributed by atoms with van der Waals surface area (Å²) < 4.78 is 13.8.